The van der Waals surface area contributed by atoms with E-state index in [9.17, 15) is 9.59 Å². The number of aromatic amines is 1. The van der Waals surface area contributed by atoms with Gasteiger partial charge in [0.2, 0.25) is 11.9 Å². The summed E-state index contributed by atoms with van der Waals surface area (Å²) < 4.78 is 0. The van der Waals surface area contributed by atoms with E-state index < -0.39 is 0 Å². The number of carbonyl (C=O) groups excluding carboxylic acids is 1. The number of H-pyrrole nitrogens is 1. The van der Waals surface area contributed by atoms with Gasteiger partial charge < -0.3 is 21.3 Å². The number of nitrogens with zero attached hydrogens (tertiary/aromatic N) is 3. The highest BCUT2D eigenvalue weighted by Crippen LogP contribution is 2.25. The zero-order valence-corrected chi connectivity index (χ0v) is 12.4. The Bertz CT molecular complexity index is 759. The number of aromatic nitrogens is 3. The number of fused-ring (bicyclic) bond motifs is 1. The van der Waals surface area contributed by atoms with E-state index >= 15 is 0 Å². The molecule has 3 heterocycles. The second-order valence-corrected chi connectivity index (χ2v) is 5.10. The molecule has 0 unspecified atom stereocenters. The molecule has 0 aliphatic carbocycles. The van der Waals surface area contributed by atoms with E-state index in [1.165, 1.54) is 0 Å². The van der Waals surface area contributed by atoms with Crippen LogP contribution in [0.4, 0.5) is 17.5 Å². The number of nitrogens with one attached hydrogen (secondary N) is 3. The molecule has 1 amide bonds. The number of rotatable bonds is 5. The van der Waals surface area contributed by atoms with Crippen LogP contribution in [0.2, 0.25) is 0 Å². The molecule has 120 valence electrons. The number of pyridine rings is 1. The van der Waals surface area contributed by atoms with E-state index in [0.29, 0.717) is 31.3 Å². The van der Waals surface area contributed by atoms with Crippen molar-refractivity contribution in [2.45, 2.75) is 13.0 Å². The molecule has 0 atom stereocenters. The first-order chi connectivity index (χ1) is 11.1. The van der Waals surface area contributed by atoms with Gasteiger partial charge in [-0.1, -0.05) is 6.07 Å². The number of nitrogen functional groups attached to an aromatic ring is 1. The summed E-state index contributed by atoms with van der Waals surface area (Å²) in [5.41, 5.74) is 6.43. The number of hydrogen-bond acceptors (Lipinski definition) is 7. The van der Waals surface area contributed by atoms with Gasteiger partial charge in [-0.05, 0) is 12.1 Å². The summed E-state index contributed by atoms with van der Waals surface area (Å²) >= 11 is 0. The summed E-state index contributed by atoms with van der Waals surface area (Å²) in [4.78, 5) is 36.1. The van der Waals surface area contributed by atoms with Crippen molar-refractivity contribution in [1.82, 2.24) is 20.3 Å². The maximum absolute atomic E-state index is 11.9. The van der Waals surface area contributed by atoms with Gasteiger partial charge in [-0.2, -0.15) is 4.98 Å². The van der Waals surface area contributed by atoms with Gasteiger partial charge in [0.15, 0.2) is 5.82 Å². The Balaban J connectivity index is 1.54. The third-order valence-corrected chi connectivity index (χ3v) is 3.47. The third-order valence-electron chi connectivity index (χ3n) is 3.47. The summed E-state index contributed by atoms with van der Waals surface area (Å²) in [5.74, 6) is 0.438. The van der Waals surface area contributed by atoms with Gasteiger partial charge in [0.25, 0.3) is 5.56 Å². The van der Waals surface area contributed by atoms with Crippen LogP contribution in [-0.2, 0) is 11.3 Å². The standard InChI is InChI=1S/C14H17N7O2/c15-14-19-12-11(13(23)20-14)18-8-21(12)6-4-10(22)17-7-9-3-1-2-5-16-9/h1-3,5,18H,4,6-8H2,(H,17,22)(H3,15,19,20,23). The first-order valence-electron chi connectivity index (χ1n) is 7.18. The fourth-order valence-electron chi connectivity index (χ4n) is 2.32. The molecule has 0 bridgehead atoms. The van der Waals surface area contributed by atoms with Crippen molar-refractivity contribution < 1.29 is 4.79 Å². The second kappa shape index (κ2) is 6.34. The Labute approximate surface area is 131 Å². The van der Waals surface area contributed by atoms with Gasteiger partial charge in [0, 0.05) is 19.2 Å². The molecule has 1 aliphatic heterocycles. The molecule has 1 aliphatic rings. The molecule has 2 aromatic heterocycles. The molecule has 0 fully saturated rings. The molecule has 0 radical (unpaired) electrons. The highest BCUT2D eigenvalue weighted by atomic mass is 16.1. The van der Waals surface area contributed by atoms with Crippen LogP contribution in [0.5, 0.6) is 0 Å². The Morgan fingerprint density at radius 3 is 3.09 bits per heavy atom. The third kappa shape index (κ3) is 3.39. The van der Waals surface area contributed by atoms with Crippen LogP contribution >= 0.6 is 0 Å². The molecule has 3 rings (SSSR count). The minimum atomic E-state index is -0.311. The van der Waals surface area contributed by atoms with E-state index in [0.717, 1.165) is 5.69 Å². The fraction of sp³-hybridized carbons (Fsp3) is 0.286. The van der Waals surface area contributed by atoms with Gasteiger partial charge >= 0.3 is 0 Å². The first-order valence-corrected chi connectivity index (χ1v) is 7.18. The minimum absolute atomic E-state index is 0.0575. The van der Waals surface area contributed by atoms with Crippen LogP contribution in [0, 0.1) is 0 Å². The van der Waals surface area contributed by atoms with Gasteiger partial charge in [-0.3, -0.25) is 19.6 Å². The van der Waals surface area contributed by atoms with E-state index in [1.54, 1.807) is 11.1 Å². The monoisotopic (exact) mass is 315 g/mol. The molecule has 0 saturated heterocycles. The van der Waals surface area contributed by atoms with Crippen LogP contribution in [-0.4, -0.2) is 34.1 Å². The number of carbonyl (C=O) groups is 1. The second-order valence-electron chi connectivity index (χ2n) is 5.10. The predicted molar refractivity (Wildman–Crippen MR) is 85.8 cm³/mol. The largest absolute Gasteiger partial charge is 0.369 e. The normalized spacial score (nSPS) is 12.6. The van der Waals surface area contributed by atoms with Crippen molar-refractivity contribution in [1.29, 1.82) is 0 Å². The summed E-state index contributed by atoms with van der Waals surface area (Å²) in [6, 6.07) is 5.54. The number of amides is 1. The number of hydrogen-bond donors (Lipinski definition) is 4. The van der Waals surface area contributed by atoms with E-state index in [4.69, 9.17) is 5.73 Å². The Hall–Kier alpha value is -3.10. The van der Waals surface area contributed by atoms with Gasteiger partial charge in [0.05, 0.1) is 18.9 Å². The molecule has 9 nitrogen and oxygen atoms in total. The molecule has 0 aromatic carbocycles. The molecule has 5 N–H and O–H groups in total. The van der Waals surface area contributed by atoms with E-state index in [2.05, 4.69) is 25.6 Å². The van der Waals surface area contributed by atoms with Crippen LogP contribution in [0.1, 0.15) is 12.1 Å². The number of nitrogens with two attached hydrogens (primary N) is 1. The van der Waals surface area contributed by atoms with Crippen LogP contribution in [0.3, 0.4) is 0 Å². The smallest absolute Gasteiger partial charge is 0.277 e. The predicted octanol–water partition coefficient (Wildman–Crippen LogP) is -0.357. The maximum Gasteiger partial charge on any atom is 0.277 e. The average Bonchev–Trinajstić information content (AvgIpc) is 2.95. The Morgan fingerprint density at radius 1 is 1.43 bits per heavy atom. The van der Waals surface area contributed by atoms with Crippen molar-refractivity contribution in [2.75, 3.05) is 29.2 Å². The topological polar surface area (TPSA) is 129 Å². The van der Waals surface area contributed by atoms with Crippen LogP contribution < -0.4 is 26.8 Å². The highest BCUT2D eigenvalue weighted by Gasteiger charge is 2.23. The van der Waals surface area contributed by atoms with Crippen molar-refractivity contribution in [2.24, 2.45) is 0 Å². The van der Waals surface area contributed by atoms with Crippen molar-refractivity contribution >= 4 is 23.4 Å². The minimum Gasteiger partial charge on any atom is -0.369 e. The lowest BCUT2D eigenvalue weighted by Crippen LogP contribution is -2.31. The fourth-order valence-corrected chi connectivity index (χ4v) is 2.32. The quantitative estimate of drug-likeness (QED) is 0.593. The average molecular weight is 315 g/mol. The Morgan fingerprint density at radius 2 is 2.30 bits per heavy atom. The Kier molecular flexibility index (Phi) is 4.09. The van der Waals surface area contributed by atoms with Crippen molar-refractivity contribution in [3.63, 3.8) is 0 Å². The highest BCUT2D eigenvalue weighted by molar-refractivity contribution is 5.77. The molecule has 0 saturated carbocycles. The van der Waals surface area contributed by atoms with Gasteiger partial charge in [0.1, 0.15) is 5.69 Å². The molecule has 9 heteroatoms. The van der Waals surface area contributed by atoms with Crippen molar-refractivity contribution in [3.05, 3.63) is 40.4 Å². The zero-order chi connectivity index (χ0) is 16.2. The van der Waals surface area contributed by atoms with Gasteiger partial charge in [-0.15, -0.1) is 0 Å². The molecule has 0 spiro atoms. The summed E-state index contributed by atoms with van der Waals surface area (Å²) in [5, 5.41) is 5.76. The summed E-state index contributed by atoms with van der Waals surface area (Å²) in [6.45, 7) is 1.24. The molecular weight excluding hydrogens is 298 g/mol. The molecular formula is C14H17N7O2. The zero-order valence-electron chi connectivity index (χ0n) is 12.4. The molecule has 2 aromatic rings. The summed E-state index contributed by atoms with van der Waals surface area (Å²) in [7, 11) is 0. The lowest BCUT2D eigenvalue weighted by molar-refractivity contribution is -0.121. The lowest BCUT2D eigenvalue weighted by atomic mass is 10.3. The van der Waals surface area contributed by atoms with Crippen LogP contribution in [0.25, 0.3) is 0 Å². The summed E-state index contributed by atoms with van der Waals surface area (Å²) in [6.07, 6.45) is 1.96. The SMILES string of the molecule is Nc1nc2c(c(=O)[nH]1)NCN2CCC(=O)NCc1ccccn1. The van der Waals surface area contributed by atoms with Crippen LogP contribution in [0.15, 0.2) is 29.2 Å². The van der Waals surface area contributed by atoms with Crippen molar-refractivity contribution in [3.8, 4) is 0 Å². The van der Waals surface area contributed by atoms with Gasteiger partial charge in [-0.25, -0.2) is 0 Å². The molecule has 23 heavy (non-hydrogen) atoms. The van der Waals surface area contributed by atoms with E-state index in [-0.39, 0.29) is 23.8 Å². The lowest BCUT2D eigenvalue weighted by Gasteiger charge is -2.16. The first kappa shape index (κ1) is 14.8. The number of anilines is 3. The maximum atomic E-state index is 11.9. The van der Waals surface area contributed by atoms with E-state index in [1.807, 2.05) is 18.2 Å².